The predicted molar refractivity (Wildman–Crippen MR) is 81.3 cm³/mol. The summed E-state index contributed by atoms with van der Waals surface area (Å²) in [5.41, 5.74) is 3.13. The fraction of sp³-hybridized carbons (Fsp3) is 0.600. The Bertz CT molecular complexity index is 641. The fourth-order valence-electron chi connectivity index (χ4n) is 3.15. The van der Waals surface area contributed by atoms with E-state index in [0.717, 1.165) is 59.7 Å². The molecule has 2 aromatic heterocycles. The van der Waals surface area contributed by atoms with Gasteiger partial charge in [-0.15, -0.1) is 0 Å². The maximum atomic E-state index is 6.43. The van der Waals surface area contributed by atoms with Crippen LogP contribution in [0.5, 0.6) is 0 Å². The molecule has 0 N–H and O–H groups in total. The molecule has 0 aliphatic carbocycles. The molecule has 0 spiro atoms. The third-order valence-electron chi connectivity index (χ3n) is 4.30. The molecule has 6 heteroatoms. The molecule has 2 aromatic rings. The molecule has 1 saturated heterocycles. The van der Waals surface area contributed by atoms with E-state index >= 15 is 0 Å². The van der Waals surface area contributed by atoms with E-state index in [1.807, 2.05) is 27.8 Å². The number of aryl methyl sites for hydroxylation is 4. The Kier molecular flexibility index (Phi) is 3.80. The molecule has 5 nitrogen and oxygen atoms in total. The Morgan fingerprint density at radius 1 is 1.29 bits per heavy atom. The van der Waals surface area contributed by atoms with Crippen LogP contribution in [0.2, 0.25) is 5.15 Å². The standard InChI is InChI=1S/C15H21ClN4O/c1-9-11(3)21-13(17-9)8-20-7-5-6-12(20)14-10(2)18-19(4)15(14)16/h12H,5-8H2,1-4H3. The molecule has 114 valence electrons. The molecule has 21 heavy (non-hydrogen) atoms. The number of halogens is 1. The first-order valence-electron chi connectivity index (χ1n) is 7.33. The van der Waals surface area contributed by atoms with Gasteiger partial charge < -0.3 is 4.42 Å². The average molecular weight is 309 g/mol. The van der Waals surface area contributed by atoms with Gasteiger partial charge in [-0.3, -0.25) is 9.58 Å². The third kappa shape index (κ3) is 2.60. The monoisotopic (exact) mass is 308 g/mol. The second-order valence-electron chi connectivity index (χ2n) is 5.79. The van der Waals surface area contributed by atoms with E-state index in [9.17, 15) is 0 Å². The fourth-order valence-corrected chi connectivity index (χ4v) is 3.45. The van der Waals surface area contributed by atoms with Gasteiger partial charge in [-0.2, -0.15) is 5.10 Å². The summed E-state index contributed by atoms with van der Waals surface area (Å²) < 4.78 is 7.47. The third-order valence-corrected chi connectivity index (χ3v) is 4.75. The van der Waals surface area contributed by atoms with Crippen LogP contribution >= 0.6 is 11.6 Å². The van der Waals surface area contributed by atoms with E-state index in [0.29, 0.717) is 6.04 Å². The lowest BCUT2D eigenvalue weighted by Crippen LogP contribution is -2.23. The summed E-state index contributed by atoms with van der Waals surface area (Å²) in [5.74, 6) is 1.69. The van der Waals surface area contributed by atoms with Crippen LogP contribution in [-0.2, 0) is 13.6 Å². The minimum Gasteiger partial charge on any atom is -0.444 e. The van der Waals surface area contributed by atoms with Gasteiger partial charge in [0.15, 0.2) is 0 Å². The smallest absolute Gasteiger partial charge is 0.208 e. The Morgan fingerprint density at radius 2 is 2.05 bits per heavy atom. The molecular weight excluding hydrogens is 288 g/mol. The number of hydrogen-bond acceptors (Lipinski definition) is 4. The van der Waals surface area contributed by atoms with Gasteiger partial charge in [-0.25, -0.2) is 4.98 Å². The summed E-state index contributed by atoms with van der Waals surface area (Å²) in [6, 6.07) is 0.304. The van der Waals surface area contributed by atoms with Crippen molar-refractivity contribution >= 4 is 11.6 Å². The summed E-state index contributed by atoms with van der Waals surface area (Å²) >= 11 is 6.43. The zero-order valence-corrected chi connectivity index (χ0v) is 13.7. The summed E-state index contributed by atoms with van der Waals surface area (Å²) in [7, 11) is 1.89. The van der Waals surface area contributed by atoms with E-state index in [2.05, 4.69) is 15.0 Å². The summed E-state index contributed by atoms with van der Waals surface area (Å²) in [6.45, 7) is 7.72. The molecule has 3 rings (SSSR count). The van der Waals surface area contributed by atoms with Crippen LogP contribution in [0.4, 0.5) is 0 Å². The molecule has 1 fully saturated rings. The number of likely N-dealkylation sites (tertiary alicyclic amines) is 1. The molecule has 1 atom stereocenters. The first kappa shape index (κ1) is 14.6. The van der Waals surface area contributed by atoms with Gasteiger partial charge in [0.05, 0.1) is 17.9 Å². The zero-order valence-electron chi connectivity index (χ0n) is 13.0. The van der Waals surface area contributed by atoms with Gasteiger partial charge in [0.25, 0.3) is 0 Å². The first-order valence-corrected chi connectivity index (χ1v) is 7.71. The van der Waals surface area contributed by atoms with E-state index in [1.165, 1.54) is 0 Å². The predicted octanol–water partition coefficient (Wildman–Crippen LogP) is 3.32. The topological polar surface area (TPSA) is 47.1 Å². The van der Waals surface area contributed by atoms with Gasteiger partial charge in [0.2, 0.25) is 5.89 Å². The van der Waals surface area contributed by atoms with Crippen molar-refractivity contribution < 1.29 is 4.42 Å². The molecule has 3 heterocycles. The van der Waals surface area contributed by atoms with E-state index in [-0.39, 0.29) is 0 Å². The molecule has 0 saturated carbocycles. The van der Waals surface area contributed by atoms with E-state index in [1.54, 1.807) is 4.68 Å². The Hall–Kier alpha value is -1.33. The van der Waals surface area contributed by atoms with E-state index in [4.69, 9.17) is 16.0 Å². The average Bonchev–Trinajstić information content (AvgIpc) is 3.04. The Labute approximate surface area is 129 Å². The van der Waals surface area contributed by atoms with Crippen molar-refractivity contribution in [3.8, 4) is 0 Å². The molecule has 0 radical (unpaired) electrons. The number of oxazole rings is 1. The van der Waals surface area contributed by atoms with Crippen LogP contribution in [-0.4, -0.2) is 26.2 Å². The highest BCUT2D eigenvalue weighted by atomic mass is 35.5. The summed E-state index contributed by atoms with van der Waals surface area (Å²) in [5, 5.41) is 5.17. The normalized spacial score (nSPS) is 19.6. The number of rotatable bonds is 3. The molecule has 1 aliphatic heterocycles. The lowest BCUT2D eigenvalue weighted by atomic mass is 10.1. The highest BCUT2D eigenvalue weighted by Gasteiger charge is 2.32. The number of nitrogens with zero attached hydrogens (tertiary/aromatic N) is 4. The van der Waals surface area contributed by atoms with Gasteiger partial charge >= 0.3 is 0 Å². The summed E-state index contributed by atoms with van der Waals surface area (Å²) in [6.07, 6.45) is 2.26. The van der Waals surface area contributed by atoms with Gasteiger partial charge in [0, 0.05) is 18.7 Å². The first-order chi connectivity index (χ1) is 9.97. The lowest BCUT2D eigenvalue weighted by molar-refractivity contribution is 0.221. The van der Waals surface area contributed by atoms with Gasteiger partial charge in [0.1, 0.15) is 10.9 Å². The quantitative estimate of drug-likeness (QED) is 0.872. The maximum Gasteiger partial charge on any atom is 0.208 e. The second kappa shape index (κ2) is 5.46. The van der Waals surface area contributed by atoms with Crippen LogP contribution in [0.15, 0.2) is 4.42 Å². The Morgan fingerprint density at radius 3 is 2.62 bits per heavy atom. The molecule has 0 amide bonds. The van der Waals surface area contributed by atoms with Crippen LogP contribution in [0, 0.1) is 20.8 Å². The van der Waals surface area contributed by atoms with Gasteiger partial charge in [-0.05, 0) is 40.2 Å². The molecule has 1 aliphatic rings. The van der Waals surface area contributed by atoms with Crippen molar-refractivity contribution in [2.24, 2.45) is 7.05 Å². The highest BCUT2D eigenvalue weighted by molar-refractivity contribution is 6.30. The minimum absolute atomic E-state index is 0.304. The summed E-state index contributed by atoms with van der Waals surface area (Å²) in [4.78, 5) is 6.88. The van der Waals surface area contributed by atoms with Crippen molar-refractivity contribution in [3.05, 3.63) is 33.8 Å². The van der Waals surface area contributed by atoms with Crippen LogP contribution in [0.1, 0.15) is 47.5 Å². The number of aromatic nitrogens is 3. The molecule has 1 unspecified atom stereocenters. The molecule has 0 bridgehead atoms. The van der Waals surface area contributed by atoms with E-state index < -0.39 is 0 Å². The Balaban J connectivity index is 1.85. The van der Waals surface area contributed by atoms with Crippen molar-refractivity contribution in [1.29, 1.82) is 0 Å². The highest BCUT2D eigenvalue weighted by Crippen LogP contribution is 2.38. The van der Waals surface area contributed by atoms with Crippen LogP contribution in [0.3, 0.4) is 0 Å². The molecule has 0 aromatic carbocycles. The second-order valence-corrected chi connectivity index (χ2v) is 6.15. The molecular formula is C15H21ClN4O. The minimum atomic E-state index is 0.304. The largest absolute Gasteiger partial charge is 0.444 e. The maximum absolute atomic E-state index is 6.43. The number of hydrogen-bond donors (Lipinski definition) is 0. The van der Waals surface area contributed by atoms with Crippen LogP contribution < -0.4 is 0 Å². The SMILES string of the molecule is Cc1nc(CN2CCCC2c2c(C)nn(C)c2Cl)oc1C. The van der Waals surface area contributed by atoms with Crippen molar-refractivity contribution in [3.63, 3.8) is 0 Å². The van der Waals surface area contributed by atoms with Crippen molar-refractivity contribution in [1.82, 2.24) is 19.7 Å². The van der Waals surface area contributed by atoms with Crippen molar-refractivity contribution in [2.75, 3.05) is 6.54 Å². The van der Waals surface area contributed by atoms with Crippen LogP contribution in [0.25, 0.3) is 0 Å². The van der Waals surface area contributed by atoms with Gasteiger partial charge in [-0.1, -0.05) is 11.6 Å². The lowest BCUT2D eigenvalue weighted by Gasteiger charge is -2.23. The van der Waals surface area contributed by atoms with Crippen molar-refractivity contribution in [2.45, 2.75) is 46.2 Å². The zero-order chi connectivity index (χ0) is 15.1.